The summed E-state index contributed by atoms with van der Waals surface area (Å²) in [6.07, 6.45) is 7.74. The highest BCUT2D eigenvalue weighted by Gasteiger charge is 2.07. The molecule has 0 heterocycles. The van der Waals surface area contributed by atoms with Crippen LogP contribution in [-0.4, -0.2) is 21.7 Å². The van der Waals surface area contributed by atoms with Crippen LogP contribution in [0.4, 0.5) is 0 Å². The van der Waals surface area contributed by atoms with Crippen molar-refractivity contribution in [1.82, 2.24) is 0 Å². The molecule has 2 N–H and O–H groups in total. The van der Waals surface area contributed by atoms with Crippen molar-refractivity contribution in [3.8, 4) is 16.9 Å². The molecule has 4 rings (SSSR count). The van der Waals surface area contributed by atoms with Crippen LogP contribution in [-0.2, 0) is 21.5 Å². The van der Waals surface area contributed by atoms with Crippen LogP contribution in [0.15, 0.2) is 102 Å². The van der Waals surface area contributed by atoms with Crippen LogP contribution in [0.2, 0.25) is 0 Å². The quantitative estimate of drug-likeness (QED) is 0.158. The highest BCUT2D eigenvalue weighted by atomic mass is 32.2. The van der Waals surface area contributed by atoms with Gasteiger partial charge in [0.05, 0.1) is 4.90 Å². The van der Waals surface area contributed by atoms with E-state index in [0.29, 0.717) is 5.75 Å². The van der Waals surface area contributed by atoms with Gasteiger partial charge in [-0.3, -0.25) is 9.11 Å². The second-order valence-electron chi connectivity index (χ2n) is 7.82. The lowest BCUT2D eigenvalue weighted by molar-refractivity contribution is 0.458. The van der Waals surface area contributed by atoms with Gasteiger partial charge in [0.1, 0.15) is 5.75 Å². The highest BCUT2D eigenvalue weighted by molar-refractivity contribution is 7.85. The first-order valence-electron chi connectivity index (χ1n) is 10.8. The third kappa shape index (κ3) is 7.10. The monoisotopic (exact) mass is 518 g/mol. The molecule has 0 aromatic heterocycles. The molecule has 0 spiro atoms. The van der Waals surface area contributed by atoms with Gasteiger partial charge in [0.15, 0.2) is 0 Å². The number of hydrogen-bond donors (Lipinski definition) is 2. The van der Waals surface area contributed by atoms with Gasteiger partial charge in [-0.1, -0.05) is 97.1 Å². The molecule has 182 valence electrons. The van der Waals surface area contributed by atoms with Crippen molar-refractivity contribution >= 4 is 45.8 Å². The molecule has 0 fully saturated rings. The Hall–Kier alpha value is -3.82. The molecule has 1 atom stereocenters. The fourth-order valence-electron chi connectivity index (χ4n) is 3.43. The van der Waals surface area contributed by atoms with Gasteiger partial charge in [0.2, 0.25) is 0 Å². The fraction of sp³-hybridized carbons (Fsp3) is 0. The summed E-state index contributed by atoms with van der Waals surface area (Å²) in [5, 5.41) is 0. The van der Waals surface area contributed by atoms with Crippen molar-refractivity contribution < 1.29 is 25.9 Å². The second kappa shape index (κ2) is 11.3. The zero-order chi connectivity index (χ0) is 25.5. The summed E-state index contributed by atoms with van der Waals surface area (Å²) in [6, 6.07) is 29.1. The summed E-state index contributed by atoms with van der Waals surface area (Å²) in [7, 11) is -4.19. The van der Waals surface area contributed by atoms with E-state index in [1.165, 1.54) is 12.1 Å². The molecule has 0 aliphatic rings. The largest absolute Gasteiger partial charge is 0.380 e. The standard InChI is InChI=1S/C28H22O6S2/c29-35(30)34-27-17-9-23(10-18-27)3-1-21-5-13-25(14-6-21)26-15-7-22(8-16-26)2-4-24-11-19-28(20-12-24)36(31,32)33/h1-20H,(H,29,30)(H,31,32,33)/b3-1+,4-2+. The van der Waals surface area contributed by atoms with Crippen molar-refractivity contribution in [2.24, 2.45) is 0 Å². The van der Waals surface area contributed by atoms with Gasteiger partial charge in [0, 0.05) is 0 Å². The van der Waals surface area contributed by atoms with Crippen LogP contribution in [0.3, 0.4) is 0 Å². The SMILES string of the molecule is O=S(O)Oc1ccc(/C=C/c2ccc(-c3ccc(/C=C/c4ccc(S(=O)(=O)O)cc4)cc3)cc2)cc1. The summed E-state index contributed by atoms with van der Waals surface area (Å²) in [5.41, 5.74) is 5.96. The molecule has 0 aliphatic carbocycles. The first kappa shape index (κ1) is 25.3. The lowest BCUT2D eigenvalue weighted by Crippen LogP contribution is -1.97. The first-order chi connectivity index (χ1) is 17.3. The Morgan fingerprint density at radius 2 is 0.917 bits per heavy atom. The van der Waals surface area contributed by atoms with E-state index < -0.39 is 21.5 Å². The molecule has 0 amide bonds. The third-order valence-electron chi connectivity index (χ3n) is 5.32. The number of hydrogen-bond acceptors (Lipinski definition) is 4. The maximum atomic E-state index is 11.1. The molecule has 36 heavy (non-hydrogen) atoms. The first-order valence-corrected chi connectivity index (χ1v) is 13.3. The van der Waals surface area contributed by atoms with E-state index in [-0.39, 0.29) is 4.90 Å². The van der Waals surface area contributed by atoms with Crippen molar-refractivity contribution in [2.45, 2.75) is 4.90 Å². The topological polar surface area (TPSA) is 101 Å². The summed E-state index contributed by atoms with van der Waals surface area (Å²) in [5.74, 6) is 0.327. The average molecular weight is 519 g/mol. The maximum Gasteiger partial charge on any atom is 0.357 e. The second-order valence-corrected chi connectivity index (χ2v) is 9.85. The van der Waals surface area contributed by atoms with Crippen molar-refractivity contribution in [3.63, 3.8) is 0 Å². The predicted molar refractivity (Wildman–Crippen MR) is 144 cm³/mol. The number of benzene rings is 4. The summed E-state index contributed by atoms with van der Waals surface area (Å²) >= 11 is -2.33. The van der Waals surface area contributed by atoms with Crippen LogP contribution in [0.5, 0.6) is 5.75 Å². The van der Waals surface area contributed by atoms with Gasteiger partial charge in [-0.25, -0.2) is 0 Å². The van der Waals surface area contributed by atoms with Crippen molar-refractivity contribution in [1.29, 1.82) is 0 Å². The summed E-state index contributed by atoms with van der Waals surface area (Å²) in [4.78, 5) is -0.131. The molecule has 8 heteroatoms. The molecule has 6 nitrogen and oxygen atoms in total. The molecule has 4 aromatic carbocycles. The third-order valence-corrected chi connectivity index (χ3v) is 6.52. The van der Waals surface area contributed by atoms with E-state index in [2.05, 4.69) is 12.1 Å². The molecule has 0 bridgehead atoms. The van der Waals surface area contributed by atoms with E-state index in [0.717, 1.165) is 33.4 Å². The minimum Gasteiger partial charge on any atom is -0.380 e. The maximum absolute atomic E-state index is 11.1. The Morgan fingerprint density at radius 1 is 0.583 bits per heavy atom. The van der Waals surface area contributed by atoms with Gasteiger partial charge in [-0.2, -0.15) is 12.6 Å². The van der Waals surface area contributed by atoms with Crippen LogP contribution >= 0.6 is 0 Å². The normalized spacial score (nSPS) is 12.7. The minimum atomic E-state index is -4.19. The Balaban J connectivity index is 1.38. The van der Waals surface area contributed by atoms with Crippen molar-refractivity contribution in [3.05, 3.63) is 119 Å². The Labute approximate surface area is 212 Å². The average Bonchev–Trinajstić information content (AvgIpc) is 2.87. The van der Waals surface area contributed by atoms with E-state index in [4.69, 9.17) is 13.3 Å². The molecular weight excluding hydrogens is 496 g/mol. The summed E-state index contributed by atoms with van der Waals surface area (Å²) < 4.78 is 55.5. The lowest BCUT2D eigenvalue weighted by Gasteiger charge is -2.04. The van der Waals surface area contributed by atoms with Gasteiger partial charge in [-0.15, -0.1) is 0 Å². The van der Waals surface area contributed by atoms with Crippen LogP contribution in [0.25, 0.3) is 35.4 Å². The zero-order valence-corrected chi connectivity index (χ0v) is 20.5. The Kier molecular flexibility index (Phi) is 7.92. The highest BCUT2D eigenvalue weighted by Crippen LogP contribution is 2.22. The molecule has 0 saturated heterocycles. The van der Waals surface area contributed by atoms with Crippen LogP contribution < -0.4 is 4.18 Å². The van der Waals surface area contributed by atoms with Crippen LogP contribution in [0, 0.1) is 0 Å². The zero-order valence-electron chi connectivity index (χ0n) is 18.9. The van der Waals surface area contributed by atoms with Crippen molar-refractivity contribution in [2.75, 3.05) is 0 Å². The van der Waals surface area contributed by atoms with Crippen LogP contribution in [0.1, 0.15) is 22.3 Å². The van der Waals surface area contributed by atoms with E-state index >= 15 is 0 Å². The molecule has 0 saturated carbocycles. The van der Waals surface area contributed by atoms with Gasteiger partial charge >= 0.3 is 11.4 Å². The smallest absolute Gasteiger partial charge is 0.357 e. The summed E-state index contributed by atoms with van der Waals surface area (Å²) in [6.45, 7) is 0. The molecule has 4 aromatic rings. The lowest BCUT2D eigenvalue weighted by atomic mass is 10.0. The van der Waals surface area contributed by atoms with E-state index in [1.807, 2.05) is 60.7 Å². The van der Waals surface area contributed by atoms with E-state index in [9.17, 15) is 12.6 Å². The fourth-order valence-corrected chi connectivity index (χ4v) is 4.18. The molecule has 0 aliphatic heterocycles. The van der Waals surface area contributed by atoms with Gasteiger partial charge < -0.3 is 4.18 Å². The minimum absolute atomic E-state index is 0.131. The van der Waals surface area contributed by atoms with Gasteiger partial charge in [0.25, 0.3) is 10.1 Å². The Morgan fingerprint density at radius 3 is 1.25 bits per heavy atom. The molecular formula is C28H22O6S2. The Bertz CT molecular complexity index is 1500. The van der Waals surface area contributed by atoms with Gasteiger partial charge in [-0.05, 0) is 57.6 Å². The van der Waals surface area contributed by atoms with E-state index in [1.54, 1.807) is 36.4 Å². The molecule has 0 radical (unpaired) electrons. The molecule has 1 unspecified atom stereocenters. The number of rotatable bonds is 8. The predicted octanol–water partition coefficient (Wildman–Crippen LogP) is 6.46.